The third-order valence-electron chi connectivity index (χ3n) is 2.09. The first-order valence-corrected chi connectivity index (χ1v) is 6.31. The number of sulfonamides is 1. The smallest absolute Gasteiger partial charge is 0.242 e. The second-order valence-electron chi connectivity index (χ2n) is 3.30. The SMILES string of the molecule is CCC(CN)NS(=O)(=O)c1cncc(F)c1. The van der Waals surface area contributed by atoms with Crippen LogP contribution >= 0.6 is 0 Å². The summed E-state index contributed by atoms with van der Waals surface area (Å²) in [7, 11) is -3.74. The van der Waals surface area contributed by atoms with Gasteiger partial charge in [0.15, 0.2) is 0 Å². The van der Waals surface area contributed by atoms with Gasteiger partial charge in [-0.1, -0.05) is 6.92 Å². The van der Waals surface area contributed by atoms with E-state index in [0.717, 1.165) is 18.5 Å². The van der Waals surface area contributed by atoms with E-state index in [1.54, 1.807) is 0 Å². The molecule has 0 aromatic carbocycles. The van der Waals surface area contributed by atoms with Gasteiger partial charge in [0, 0.05) is 18.8 Å². The van der Waals surface area contributed by atoms with Crippen LogP contribution in [-0.2, 0) is 10.0 Å². The monoisotopic (exact) mass is 247 g/mol. The lowest BCUT2D eigenvalue weighted by Crippen LogP contribution is -2.39. The highest BCUT2D eigenvalue weighted by Crippen LogP contribution is 2.09. The third kappa shape index (κ3) is 3.22. The summed E-state index contributed by atoms with van der Waals surface area (Å²) >= 11 is 0. The van der Waals surface area contributed by atoms with Gasteiger partial charge in [0.05, 0.1) is 6.20 Å². The number of nitrogens with zero attached hydrogens (tertiary/aromatic N) is 1. The topological polar surface area (TPSA) is 85.1 Å². The average Bonchev–Trinajstić information content (AvgIpc) is 2.26. The van der Waals surface area contributed by atoms with Crippen molar-refractivity contribution in [2.24, 2.45) is 5.73 Å². The van der Waals surface area contributed by atoms with Crippen LogP contribution in [0.15, 0.2) is 23.4 Å². The number of hydrogen-bond donors (Lipinski definition) is 2. The molecule has 3 N–H and O–H groups in total. The van der Waals surface area contributed by atoms with E-state index in [1.807, 2.05) is 6.92 Å². The lowest BCUT2D eigenvalue weighted by Gasteiger charge is -2.14. The Kier molecular flexibility index (Phi) is 4.34. The molecule has 0 aliphatic carbocycles. The van der Waals surface area contributed by atoms with Crippen LogP contribution in [0.25, 0.3) is 0 Å². The van der Waals surface area contributed by atoms with E-state index in [0.29, 0.717) is 6.42 Å². The minimum Gasteiger partial charge on any atom is -0.329 e. The minimum absolute atomic E-state index is 0.193. The second-order valence-corrected chi connectivity index (χ2v) is 5.02. The first-order valence-electron chi connectivity index (χ1n) is 4.82. The van der Waals surface area contributed by atoms with Crippen LogP contribution in [0.5, 0.6) is 0 Å². The van der Waals surface area contributed by atoms with Crippen LogP contribution in [0.2, 0.25) is 0 Å². The Labute approximate surface area is 93.9 Å². The molecule has 0 fully saturated rings. The van der Waals surface area contributed by atoms with Gasteiger partial charge in [-0.15, -0.1) is 0 Å². The zero-order valence-corrected chi connectivity index (χ0v) is 9.67. The van der Waals surface area contributed by atoms with Gasteiger partial charge in [-0.05, 0) is 12.5 Å². The number of hydrogen-bond acceptors (Lipinski definition) is 4. The highest BCUT2D eigenvalue weighted by Gasteiger charge is 2.18. The zero-order valence-electron chi connectivity index (χ0n) is 8.85. The summed E-state index contributed by atoms with van der Waals surface area (Å²) in [5.74, 6) is -0.691. The Bertz CT molecular complexity index is 446. The zero-order chi connectivity index (χ0) is 12.2. The van der Waals surface area contributed by atoms with E-state index in [4.69, 9.17) is 5.73 Å². The summed E-state index contributed by atoms with van der Waals surface area (Å²) < 4.78 is 38.7. The van der Waals surface area contributed by atoms with Gasteiger partial charge in [0.2, 0.25) is 10.0 Å². The van der Waals surface area contributed by atoms with Crippen LogP contribution in [0.3, 0.4) is 0 Å². The predicted molar refractivity (Wildman–Crippen MR) is 57.6 cm³/mol. The quantitative estimate of drug-likeness (QED) is 0.780. The molecular formula is C9H14FN3O2S. The van der Waals surface area contributed by atoms with E-state index in [1.165, 1.54) is 0 Å². The lowest BCUT2D eigenvalue weighted by molar-refractivity contribution is 0.540. The molecule has 1 rings (SSSR count). The van der Waals surface area contributed by atoms with E-state index in [9.17, 15) is 12.8 Å². The molecule has 0 bridgehead atoms. The van der Waals surface area contributed by atoms with E-state index < -0.39 is 15.8 Å². The van der Waals surface area contributed by atoms with Crippen molar-refractivity contribution < 1.29 is 12.8 Å². The molecule has 1 unspecified atom stereocenters. The summed E-state index contributed by atoms with van der Waals surface area (Å²) in [5.41, 5.74) is 5.38. The van der Waals surface area contributed by atoms with Gasteiger partial charge >= 0.3 is 0 Å². The van der Waals surface area contributed by atoms with Crippen molar-refractivity contribution in [2.45, 2.75) is 24.3 Å². The Morgan fingerprint density at radius 2 is 2.25 bits per heavy atom. The highest BCUT2D eigenvalue weighted by molar-refractivity contribution is 7.89. The largest absolute Gasteiger partial charge is 0.329 e. The van der Waals surface area contributed by atoms with Crippen LogP contribution in [0.4, 0.5) is 4.39 Å². The van der Waals surface area contributed by atoms with E-state index in [2.05, 4.69) is 9.71 Å². The lowest BCUT2D eigenvalue weighted by atomic mass is 10.2. The second kappa shape index (κ2) is 5.33. The number of halogens is 1. The fraction of sp³-hybridized carbons (Fsp3) is 0.444. The molecule has 0 aliphatic heterocycles. The van der Waals surface area contributed by atoms with Crippen LogP contribution in [0.1, 0.15) is 13.3 Å². The molecule has 1 aromatic heterocycles. The Balaban J connectivity index is 2.94. The molecule has 0 aliphatic rings. The van der Waals surface area contributed by atoms with Gasteiger partial charge in [0.25, 0.3) is 0 Å². The molecule has 0 amide bonds. The van der Waals surface area contributed by atoms with Crippen molar-refractivity contribution in [1.82, 2.24) is 9.71 Å². The van der Waals surface area contributed by atoms with Crippen molar-refractivity contribution in [2.75, 3.05) is 6.54 Å². The highest BCUT2D eigenvalue weighted by atomic mass is 32.2. The summed E-state index contributed by atoms with van der Waals surface area (Å²) in [6.45, 7) is 2.00. The normalized spacial score (nSPS) is 13.7. The number of nitrogens with two attached hydrogens (primary N) is 1. The molecule has 16 heavy (non-hydrogen) atoms. The van der Waals surface area contributed by atoms with Gasteiger partial charge in [-0.3, -0.25) is 4.98 Å². The number of aromatic nitrogens is 1. The first kappa shape index (κ1) is 13.0. The summed E-state index contributed by atoms with van der Waals surface area (Å²) in [5, 5.41) is 0. The minimum atomic E-state index is -3.74. The van der Waals surface area contributed by atoms with Gasteiger partial charge in [0.1, 0.15) is 10.7 Å². The molecular weight excluding hydrogens is 233 g/mol. The molecule has 7 heteroatoms. The van der Waals surface area contributed by atoms with Crippen LogP contribution in [0, 0.1) is 5.82 Å². The van der Waals surface area contributed by atoms with Gasteiger partial charge < -0.3 is 5.73 Å². The van der Waals surface area contributed by atoms with Gasteiger partial charge in [-0.25, -0.2) is 17.5 Å². The average molecular weight is 247 g/mol. The maximum Gasteiger partial charge on any atom is 0.242 e. The van der Waals surface area contributed by atoms with Crippen molar-refractivity contribution >= 4 is 10.0 Å². The molecule has 0 saturated carbocycles. The Morgan fingerprint density at radius 3 is 2.75 bits per heavy atom. The number of nitrogens with one attached hydrogen (secondary N) is 1. The molecule has 1 aromatic rings. The number of pyridine rings is 1. The molecule has 90 valence electrons. The first-order chi connectivity index (χ1) is 7.49. The molecule has 0 radical (unpaired) electrons. The summed E-state index contributed by atoms with van der Waals surface area (Å²) in [4.78, 5) is 3.29. The predicted octanol–water partition coefficient (Wildman–Crippen LogP) is 0.236. The number of rotatable bonds is 5. The van der Waals surface area contributed by atoms with Crippen LogP contribution in [-0.4, -0.2) is 26.0 Å². The molecule has 1 heterocycles. The fourth-order valence-corrected chi connectivity index (χ4v) is 2.43. The third-order valence-corrected chi connectivity index (χ3v) is 3.58. The standard InChI is InChI=1S/C9H14FN3O2S/c1-2-8(4-11)13-16(14,15)9-3-7(10)5-12-6-9/h3,5-6,8,13H,2,4,11H2,1H3. The maximum atomic E-state index is 12.8. The van der Waals surface area contributed by atoms with E-state index >= 15 is 0 Å². The molecule has 1 atom stereocenters. The fourth-order valence-electron chi connectivity index (χ4n) is 1.12. The van der Waals surface area contributed by atoms with Crippen molar-refractivity contribution in [3.8, 4) is 0 Å². The molecule has 0 saturated heterocycles. The molecule has 0 spiro atoms. The van der Waals surface area contributed by atoms with Crippen molar-refractivity contribution in [3.63, 3.8) is 0 Å². The molecule has 5 nitrogen and oxygen atoms in total. The van der Waals surface area contributed by atoms with Gasteiger partial charge in [-0.2, -0.15) is 0 Å². The van der Waals surface area contributed by atoms with Crippen molar-refractivity contribution in [3.05, 3.63) is 24.3 Å². The van der Waals surface area contributed by atoms with Crippen LogP contribution < -0.4 is 10.5 Å². The van der Waals surface area contributed by atoms with E-state index in [-0.39, 0.29) is 17.5 Å². The Morgan fingerprint density at radius 1 is 1.56 bits per heavy atom. The summed E-state index contributed by atoms with van der Waals surface area (Å²) in [6.07, 6.45) is 2.60. The summed E-state index contributed by atoms with van der Waals surface area (Å²) in [6, 6.07) is 0.562. The maximum absolute atomic E-state index is 12.8. The van der Waals surface area contributed by atoms with Crippen molar-refractivity contribution in [1.29, 1.82) is 0 Å². The Hall–Kier alpha value is -1.05.